The Balaban J connectivity index is 2.01. The first-order valence-electron chi connectivity index (χ1n) is 7.79. The summed E-state index contributed by atoms with van der Waals surface area (Å²) in [5.41, 5.74) is 17.7. The molecule has 0 aromatic heterocycles. The maximum atomic E-state index is 10.3. The molecule has 1 fully saturated rings. The van der Waals surface area contributed by atoms with Crippen LogP contribution >= 0.6 is 0 Å². The van der Waals surface area contributed by atoms with Gasteiger partial charge in [0, 0.05) is 12.1 Å². The maximum Gasteiger partial charge on any atom is 0.215 e. The number of aliphatic hydroxyl groups is 2. The zero-order valence-electron chi connectivity index (χ0n) is 12.9. The molecule has 0 bridgehead atoms. The number of hydrogen-bond donors (Lipinski definition) is 6. The molecule has 22 heavy (non-hydrogen) atoms. The summed E-state index contributed by atoms with van der Waals surface area (Å²) in [5.74, 6) is 0.608. The van der Waals surface area contributed by atoms with E-state index >= 15 is 0 Å². The summed E-state index contributed by atoms with van der Waals surface area (Å²) in [7, 11) is 0. The number of nitrogens with two attached hydrogens (primary N) is 3. The summed E-state index contributed by atoms with van der Waals surface area (Å²) < 4.78 is 11.4. The molecule has 9 N–H and O–H groups in total. The van der Waals surface area contributed by atoms with E-state index in [4.69, 9.17) is 26.7 Å². The first-order chi connectivity index (χ1) is 10.5. The first-order valence-corrected chi connectivity index (χ1v) is 7.79. The molecule has 1 aliphatic carbocycles. The molecule has 0 amide bonds. The minimum Gasteiger partial charge on any atom is -0.467 e. The van der Waals surface area contributed by atoms with Crippen LogP contribution in [-0.4, -0.2) is 66.0 Å². The summed E-state index contributed by atoms with van der Waals surface area (Å²) >= 11 is 0. The molecule has 8 nitrogen and oxygen atoms in total. The summed E-state index contributed by atoms with van der Waals surface area (Å²) in [6, 6.07) is -1.04. The Morgan fingerprint density at radius 3 is 2.68 bits per heavy atom. The fourth-order valence-electron chi connectivity index (χ4n) is 2.98. The third-order valence-corrected chi connectivity index (χ3v) is 4.24. The van der Waals surface area contributed by atoms with E-state index in [-0.39, 0.29) is 18.6 Å². The van der Waals surface area contributed by atoms with Crippen LogP contribution in [0.4, 0.5) is 0 Å². The van der Waals surface area contributed by atoms with Gasteiger partial charge in [-0.2, -0.15) is 0 Å². The molecule has 0 aromatic rings. The van der Waals surface area contributed by atoms with Gasteiger partial charge in [0.25, 0.3) is 0 Å². The highest BCUT2D eigenvalue weighted by atomic mass is 16.7. The second-order valence-corrected chi connectivity index (χ2v) is 5.91. The highest BCUT2D eigenvalue weighted by Gasteiger charge is 2.44. The lowest BCUT2D eigenvalue weighted by molar-refractivity contribution is -0.218. The van der Waals surface area contributed by atoms with E-state index in [2.05, 4.69) is 5.32 Å². The van der Waals surface area contributed by atoms with Crippen LogP contribution < -0.4 is 22.5 Å². The molecule has 1 heterocycles. The molecule has 2 aliphatic rings. The van der Waals surface area contributed by atoms with Crippen LogP contribution in [0.15, 0.2) is 11.8 Å². The van der Waals surface area contributed by atoms with Crippen LogP contribution in [0.3, 0.4) is 0 Å². The van der Waals surface area contributed by atoms with Crippen molar-refractivity contribution in [3.63, 3.8) is 0 Å². The van der Waals surface area contributed by atoms with Gasteiger partial charge in [-0.15, -0.1) is 0 Å². The second kappa shape index (κ2) is 7.69. The van der Waals surface area contributed by atoms with E-state index in [0.717, 1.165) is 0 Å². The van der Waals surface area contributed by atoms with Crippen molar-refractivity contribution in [3.05, 3.63) is 11.8 Å². The molecule has 1 aliphatic heterocycles. The molecule has 0 aromatic carbocycles. The average Bonchev–Trinajstić information content (AvgIpc) is 2.51. The van der Waals surface area contributed by atoms with Gasteiger partial charge in [-0.25, -0.2) is 0 Å². The lowest BCUT2D eigenvalue weighted by Crippen LogP contribution is -2.64. The van der Waals surface area contributed by atoms with E-state index in [1.807, 2.05) is 13.0 Å². The molecular weight excluding hydrogens is 288 g/mol. The number of aliphatic hydroxyl groups excluding tert-OH is 2. The van der Waals surface area contributed by atoms with E-state index in [1.165, 1.54) is 0 Å². The summed E-state index contributed by atoms with van der Waals surface area (Å²) in [6.45, 7) is 2.88. The average molecular weight is 316 g/mol. The minimum atomic E-state index is -1.10. The highest BCUT2D eigenvalue weighted by molar-refractivity contribution is 5.03. The fourth-order valence-corrected chi connectivity index (χ4v) is 2.98. The second-order valence-electron chi connectivity index (χ2n) is 5.91. The van der Waals surface area contributed by atoms with Crippen LogP contribution in [-0.2, 0) is 9.47 Å². The number of rotatable bonds is 5. The lowest BCUT2D eigenvalue weighted by Gasteiger charge is -2.43. The van der Waals surface area contributed by atoms with Gasteiger partial charge in [0.05, 0.1) is 18.7 Å². The van der Waals surface area contributed by atoms with Crippen molar-refractivity contribution in [3.8, 4) is 0 Å². The molecular formula is C14H28N4O4. The van der Waals surface area contributed by atoms with Gasteiger partial charge in [-0.1, -0.05) is 6.92 Å². The van der Waals surface area contributed by atoms with Crippen molar-refractivity contribution in [2.24, 2.45) is 17.2 Å². The van der Waals surface area contributed by atoms with Crippen LogP contribution in [0, 0.1) is 0 Å². The van der Waals surface area contributed by atoms with E-state index < -0.39 is 30.6 Å². The van der Waals surface area contributed by atoms with Crippen molar-refractivity contribution in [2.75, 3.05) is 13.1 Å². The highest BCUT2D eigenvalue weighted by Crippen LogP contribution is 2.26. The van der Waals surface area contributed by atoms with Gasteiger partial charge < -0.3 is 42.2 Å². The zero-order valence-corrected chi connectivity index (χ0v) is 12.9. The Kier molecular flexibility index (Phi) is 6.16. The fraction of sp³-hybridized carbons (Fsp3) is 0.857. The molecule has 1 saturated carbocycles. The van der Waals surface area contributed by atoms with Gasteiger partial charge in [0.15, 0.2) is 0 Å². The van der Waals surface area contributed by atoms with Crippen molar-refractivity contribution in [2.45, 2.75) is 62.5 Å². The van der Waals surface area contributed by atoms with E-state index in [1.54, 1.807) is 0 Å². The molecule has 1 unspecified atom stereocenters. The number of hydrogen-bond acceptors (Lipinski definition) is 8. The van der Waals surface area contributed by atoms with Crippen molar-refractivity contribution >= 4 is 0 Å². The molecule has 0 spiro atoms. The van der Waals surface area contributed by atoms with Crippen molar-refractivity contribution in [1.82, 2.24) is 5.32 Å². The van der Waals surface area contributed by atoms with Gasteiger partial charge >= 0.3 is 0 Å². The monoisotopic (exact) mass is 316 g/mol. The lowest BCUT2D eigenvalue weighted by atomic mass is 9.84. The largest absolute Gasteiger partial charge is 0.467 e. The van der Waals surface area contributed by atoms with Crippen LogP contribution in [0.5, 0.6) is 0 Å². The van der Waals surface area contributed by atoms with Crippen LogP contribution in [0.2, 0.25) is 0 Å². The SMILES string of the molecule is CCN[C@@H]1C[C@H](N)[C@@H](O[C@H]2OC(CN)=CC[C@H]2N)[C@H](O)C1O. The summed E-state index contributed by atoms with van der Waals surface area (Å²) in [4.78, 5) is 0. The molecule has 128 valence electrons. The Hall–Kier alpha value is -0.740. The Morgan fingerprint density at radius 2 is 2.05 bits per heavy atom. The Bertz CT molecular complexity index is 395. The Morgan fingerprint density at radius 1 is 1.32 bits per heavy atom. The predicted molar refractivity (Wildman–Crippen MR) is 81.5 cm³/mol. The van der Waals surface area contributed by atoms with Crippen LogP contribution in [0.25, 0.3) is 0 Å². The van der Waals surface area contributed by atoms with E-state index in [9.17, 15) is 10.2 Å². The smallest absolute Gasteiger partial charge is 0.215 e. The third kappa shape index (κ3) is 3.77. The molecule has 0 saturated heterocycles. The van der Waals surface area contributed by atoms with Crippen molar-refractivity contribution in [1.29, 1.82) is 0 Å². The standard InChI is InChI=1S/C14H28N4O4/c1-2-18-10-5-9(17)13(12(20)11(10)19)22-14-8(16)4-3-7(6-15)21-14/h3,8-14,18-20H,2,4-6,15-17H2,1H3/t8-,9+,10-,11?,12-,13-,14-/m1/s1. The molecule has 2 rings (SSSR count). The Labute approximate surface area is 130 Å². The minimum absolute atomic E-state index is 0.254. The van der Waals surface area contributed by atoms with Gasteiger partial charge in [0.2, 0.25) is 6.29 Å². The zero-order chi connectivity index (χ0) is 16.3. The van der Waals surface area contributed by atoms with Crippen LogP contribution in [0.1, 0.15) is 19.8 Å². The van der Waals surface area contributed by atoms with Gasteiger partial charge in [-0.3, -0.25) is 0 Å². The molecule has 7 atom stereocenters. The summed E-state index contributed by atoms with van der Waals surface area (Å²) in [6.07, 6.45) is -0.603. The van der Waals surface area contributed by atoms with Gasteiger partial charge in [0.1, 0.15) is 18.0 Å². The third-order valence-electron chi connectivity index (χ3n) is 4.24. The normalized spacial score (nSPS) is 42.6. The van der Waals surface area contributed by atoms with Gasteiger partial charge in [-0.05, 0) is 25.5 Å². The quantitative estimate of drug-likeness (QED) is 0.332. The predicted octanol–water partition coefficient (Wildman–Crippen LogP) is -2.28. The first kappa shape index (κ1) is 17.6. The number of likely N-dealkylation sites (N-methyl/N-ethyl adjacent to an activating group) is 1. The molecule has 8 heteroatoms. The molecule has 0 radical (unpaired) electrons. The maximum absolute atomic E-state index is 10.3. The van der Waals surface area contributed by atoms with E-state index in [0.29, 0.717) is 25.1 Å². The van der Waals surface area contributed by atoms with Crippen molar-refractivity contribution < 1.29 is 19.7 Å². The number of ether oxygens (including phenoxy) is 2. The summed E-state index contributed by atoms with van der Waals surface area (Å²) in [5, 5.41) is 23.6. The topological polar surface area (TPSA) is 149 Å². The number of nitrogens with one attached hydrogen (secondary N) is 1.